The summed E-state index contributed by atoms with van der Waals surface area (Å²) in [6.45, 7) is 2.98. The lowest BCUT2D eigenvalue weighted by atomic mass is 10.1. The molecule has 0 aliphatic carbocycles. The molecule has 1 amide bonds. The number of carbonyl (C=O) groups excluding carboxylic acids is 1. The Labute approximate surface area is 130 Å². The second kappa shape index (κ2) is 7.84. The summed E-state index contributed by atoms with van der Waals surface area (Å²) in [5.74, 6) is 0.756. The normalized spacial score (nSPS) is 9.82. The fraction of sp³-hybridized carbons (Fsp3) is 0.222. The van der Waals surface area contributed by atoms with Crippen LogP contribution in [0.4, 0.5) is 0 Å². The molecule has 0 heterocycles. The number of amides is 1. The second-order valence-electron chi connectivity index (χ2n) is 4.84. The maximum absolute atomic E-state index is 11.9. The summed E-state index contributed by atoms with van der Waals surface area (Å²) in [7, 11) is 0. The Kier molecular flexibility index (Phi) is 5.56. The van der Waals surface area contributed by atoms with Crippen molar-refractivity contribution < 1.29 is 9.53 Å². The molecular formula is C18H18N2O2. The van der Waals surface area contributed by atoms with Crippen LogP contribution in [0.2, 0.25) is 0 Å². The Hall–Kier alpha value is -2.80. The molecule has 0 aliphatic rings. The van der Waals surface area contributed by atoms with E-state index in [-0.39, 0.29) is 5.91 Å². The molecule has 0 aromatic heterocycles. The Bertz CT molecular complexity index is 672. The first kappa shape index (κ1) is 15.6. The highest BCUT2D eigenvalue weighted by atomic mass is 16.5. The third-order valence-corrected chi connectivity index (χ3v) is 3.14. The number of rotatable bonds is 6. The van der Waals surface area contributed by atoms with Crippen LogP contribution in [0.15, 0.2) is 48.5 Å². The van der Waals surface area contributed by atoms with Gasteiger partial charge in [-0.15, -0.1) is 0 Å². The van der Waals surface area contributed by atoms with Gasteiger partial charge in [-0.05, 0) is 42.3 Å². The summed E-state index contributed by atoms with van der Waals surface area (Å²) in [4.78, 5) is 11.9. The number of ether oxygens (including phenoxy) is 1. The number of benzene rings is 2. The first-order chi connectivity index (χ1) is 10.7. The minimum absolute atomic E-state index is 0.0495. The van der Waals surface area contributed by atoms with Crippen LogP contribution in [0.1, 0.15) is 23.6 Å². The van der Waals surface area contributed by atoms with Crippen molar-refractivity contribution in [2.24, 2.45) is 0 Å². The predicted molar refractivity (Wildman–Crippen MR) is 84.3 cm³/mol. The first-order valence-electron chi connectivity index (χ1n) is 7.18. The summed E-state index contributed by atoms with van der Waals surface area (Å²) < 4.78 is 5.37. The van der Waals surface area contributed by atoms with E-state index in [9.17, 15) is 4.79 Å². The van der Waals surface area contributed by atoms with E-state index in [0.29, 0.717) is 25.1 Å². The zero-order chi connectivity index (χ0) is 15.8. The van der Waals surface area contributed by atoms with Gasteiger partial charge in [0, 0.05) is 6.54 Å². The summed E-state index contributed by atoms with van der Waals surface area (Å²) in [6, 6.07) is 16.8. The smallest absolute Gasteiger partial charge is 0.224 e. The van der Waals surface area contributed by atoms with Gasteiger partial charge >= 0.3 is 0 Å². The van der Waals surface area contributed by atoms with E-state index in [1.54, 1.807) is 12.1 Å². The lowest BCUT2D eigenvalue weighted by molar-refractivity contribution is -0.120. The molecule has 112 valence electrons. The van der Waals surface area contributed by atoms with Crippen LogP contribution in [0.3, 0.4) is 0 Å². The molecule has 4 heteroatoms. The molecule has 0 radical (unpaired) electrons. The summed E-state index contributed by atoms with van der Waals surface area (Å²) in [5.41, 5.74) is 2.45. The molecule has 0 atom stereocenters. The van der Waals surface area contributed by atoms with Gasteiger partial charge in [-0.1, -0.05) is 24.3 Å². The maximum atomic E-state index is 11.9. The molecule has 0 unspecified atom stereocenters. The Morgan fingerprint density at radius 3 is 2.64 bits per heavy atom. The molecule has 1 N–H and O–H groups in total. The van der Waals surface area contributed by atoms with E-state index in [1.807, 2.05) is 43.3 Å². The topological polar surface area (TPSA) is 62.1 Å². The van der Waals surface area contributed by atoms with E-state index in [1.165, 1.54) is 0 Å². The zero-order valence-corrected chi connectivity index (χ0v) is 12.5. The minimum atomic E-state index is -0.0495. The van der Waals surface area contributed by atoms with Gasteiger partial charge < -0.3 is 10.1 Å². The molecule has 0 saturated heterocycles. The average molecular weight is 294 g/mol. The molecule has 0 spiro atoms. The van der Waals surface area contributed by atoms with Crippen molar-refractivity contribution in [2.75, 3.05) is 6.61 Å². The van der Waals surface area contributed by atoms with Crippen LogP contribution in [0, 0.1) is 11.3 Å². The second-order valence-corrected chi connectivity index (χ2v) is 4.84. The molecule has 0 bridgehead atoms. The summed E-state index contributed by atoms with van der Waals surface area (Å²) in [6.07, 6.45) is 0.324. The van der Waals surface area contributed by atoms with Gasteiger partial charge in [0.1, 0.15) is 5.75 Å². The quantitative estimate of drug-likeness (QED) is 0.891. The molecule has 0 aliphatic heterocycles. The van der Waals surface area contributed by atoms with Crippen molar-refractivity contribution in [3.63, 3.8) is 0 Å². The highest BCUT2D eigenvalue weighted by Crippen LogP contribution is 2.12. The lowest BCUT2D eigenvalue weighted by Crippen LogP contribution is -2.24. The molecule has 0 saturated carbocycles. The predicted octanol–water partition coefficient (Wildman–Crippen LogP) is 2.82. The van der Waals surface area contributed by atoms with E-state index < -0.39 is 0 Å². The Balaban J connectivity index is 1.86. The van der Waals surface area contributed by atoms with Crippen molar-refractivity contribution in [2.45, 2.75) is 19.9 Å². The van der Waals surface area contributed by atoms with Crippen LogP contribution < -0.4 is 10.1 Å². The molecule has 4 nitrogen and oxygen atoms in total. The lowest BCUT2D eigenvalue weighted by Gasteiger charge is -2.07. The minimum Gasteiger partial charge on any atom is -0.494 e. The van der Waals surface area contributed by atoms with Crippen LogP contribution in [-0.2, 0) is 17.8 Å². The van der Waals surface area contributed by atoms with Crippen molar-refractivity contribution in [1.82, 2.24) is 5.32 Å². The van der Waals surface area contributed by atoms with Gasteiger partial charge in [0.25, 0.3) is 0 Å². The van der Waals surface area contributed by atoms with Crippen LogP contribution in [0.25, 0.3) is 0 Å². The van der Waals surface area contributed by atoms with Crippen molar-refractivity contribution in [3.05, 3.63) is 65.2 Å². The average Bonchev–Trinajstić information content (AvgIpc) is 2.55. The van der Waals surface area contributed by atoms with Crippen molar-refractivity contribution >= 4 is 5.91 Å². The molecule has 0 fully saturated rings. The van der Waals surface area contributed by atoms with Gasteiger partial charge in [0.2, 0.25) is 5.91 Å². The molecule has 22 heavy (non-hydrogen) atoms. The van der Waals surface area contributed by atoms with E-state index >= 15 is 0 Å². The molecule has 2 aromatic carbocycles. The van der Waals surface area contributed by atoms with Gasteiger partial charge in [-0.25, -0.2) is 0 Å². The monoisotopic (exact) mass is 294 g/mol. The fourth-order valence-electron chi connectivity index (χ4n) is 2.07. The number of hydrogen-bond acceptors (Lipinski definition) is 3. The fourth-order valence-corrected chi connectivity index (χ4v) is 2.07. The highest BCUT2D eigenvalue weighted by molar-refractivity contribution is 5.78. The van der Waals surface area contributed by atoms with Crippen molar-refractivity contribution in [3.8, 4) is 11.8 Å². The van der Waals surface area contributed by atoms with Gasteiger partial charge in [0.15, 0.2) is 0 Å². The summed E-state index contributed by atoms with van der Waals surface area (Å²) in [5, 5.41) is 11.7. The Morgan fingerprint density at radius 2 is 1.95 bits per heavy atom. The zero-order valence-electron chi connectivity index (χ0n) is 12.5. The van der Waals surface area contributed by atoms with Crippen LogP contribution >= 0.6 is 0 Å². The first-order valence-corrected chi connectivity index (χ1v) is 7.18. The Morgan fingerprint density at radius 1 is 1.18 bits per heavy atom. The largest absolute Gasteiger partial charge is 0.494 e. The van der Waals surface area contributed by atoms with Gasteiger partial charge in [-0.3, -0.25) is 4.79 Å². The summed E-state index contributed by atoms with van der Waals surface area (Å²) >= 11 is 0. The van der Waals surface area contributed by atoms with E-state index in [0.717, 1.165) is 16.9 Å². The number of nitriles is 1. The third-order valence-electron chi connectivity index (χ3n) is 3.14. The maximum Gasteiger partial charge on any atom is 0.224 e. The van der Waals surface area contributed by atoms with Gasteiger partial charge in [0.05, 0.1) is 24.7 Å². The SMILES string of the molecule is CCOc1ccc(CC(=O)NCc2cccc(C#N)c2)cc1. The third kappa shape index (κ3) is 4.64. The van der Waals surface area contributed by atoms with Gasteiger partial charge in [-0.2, -0.15) is 5.26 Å². The standard InChI is InChI=1S/C18H18N2O2/c1-2-22-17-8-6-14(7-9-17)11-18(21)20-13-16-5-3-4-15(10-16)12-19/h3-10H,2,11,13H2,1H3,(H,20,21). The molecule has 2 rings (SSSR count). The van der Waals surface area contributed by atoms with Crippen LogP contribution in [-0.4, -0.2) is 12.5 Å². The highest BCUT2D eigenvalue weighted by Gasteiger charge is 2.04. The van der Waals surface area contributed by atoms with Crippen LogP contribution in [0.5, 0.6) is 5.75 Å². The van der Waals surface area contributed by atoms with E-state index in [4.69, 9.17) is 10.00 Å². The van der Waals surface area contributed by atoms with Crippen molar-refractivity contribution in [1.29, 1.82) is 5.26 Å². The number of nitrogens with one attached hydrogen (secondary N) is 1. The molecule has 2 aromatic rings. The number of nitrogens with zero attached hydrogens (tertiary/aromatic N) is 1. The molecular weight excluding hydrogens is 276 g/mol. The number of hydrogen-bond donors (Lipinski definition) is 1. The van der Waals surface area contributed by atoms with E-state index in [2.05, 4.69) is 11.4 Å². The number of carbonyl (C=O) groups is 1.